The summed E-state index contributed by atoms with van der Waals surface area (Å²) in [6, 6.07) is 11.5. The number of H-pyrrole nitrogens is 1. The first kappa shape index (κ1) is 15.9. The summed E-state index contributed by atoms with van der Waals surface area (Å²) in [4.78, 5) is 18.3. The first-order chi connectivity index (χ1) is 13.3. The number of anilines is 1. The summed E-state index contributed by atoms with van der Waals surface area (Å²) in [6.45, 7) is 1.48. The fourth-order valence-electron chi connectivity index (χ4n) is 3.80. The largest absolute Gasteiger partial charge is 0.508 e. The van der Waals surface area contributed by atoms with Crippen molar-refractivity contribution in [2.24, 2.45) is 0 Å². The number of nitrogens with one attached hydrogen (secondary N) is 1. The van der Waals surface area contributed by atoms with E-state index in [1.807, 2.05) is 24.3 Å². The lowest BCUT2D eigenvalue weighted by Gasteiger charge is -2.26. The Hall–Kier alpha value is -3.35. The maximum absolute atomic E-state index is 9.82. The zero-order valence-corrected chi connectivity index (χ0v) is 14.7. The summed E-state index contributed by atoms with van der Waals surface area (Å²) < 4.78 is 6.18. The van der Waals surface area contributed by atoms with Crippen LogP contribution in [0.5, 0.6) is 11.5 Å². The molecule has 0 saturated carbocycles. The monoisotopic (exact) mass is 361 g/mol. The standard InChI is InChI=1S/C20H19N5O2/c26-15-7-6-13-3-1-5-17(16(13)9-15)27-10-14-4-2-8-25(14)20-18-19(22-11-21-18)23-12-24-20/h1,3,5-7,9,11-12,14,26H,2,4,8,10H2,(H,21,22,23,24). The van der Waals surface area contributed by atoms with Gasteiger partial charge in [0.1, 0.15) is 29.9 Å². The number of aromatic nitrogens is 4. The van der Waals surface area contributed by atoms with Gasteiger partial charge in [0.05, 0.1) is 12.4 Å². The first-order valence-electron chi connectivity index (χ1n) is 9.05. The minimum Gasteiger partial charge on any atom is -0.508 e. The summed E-state index contributed by atoms with van der Waals surface area (Å²) >= 11 is 0. The molecule has 1 atom stereocenters. The summed E-state index contributed by atoms with van der Waals surface area (Å²) in [6.07, 6.45) is 5.33. The van der Waals surface area contributed by atoms with E-state index in [2.05, 4.69) is 24.8 Å². The molecule has 3 heterocycles. The van der Waals surface area contributed by atoms with Gasteiger partial charge in [-0.15, -0.1) is 0 Å². The highest BCUT2D eigenvalue weighted by Crippen LogP contribution is 2.31. The van der Waals surface area contributed by atoms with Gasteiger partial charge in [0, 0.05) is 11.9 Å². The Balaban J connectivity index is 1.41. The van der Waals surface area contributed by atoms with Crippen LogP contribution < -0.4 is 9.64 Å². The number of benzene rings is 2. The Morgan fingerprint density at radius 3 is 3.11 bits per heavy atom. The molecule has 1 saturated heterocycles. The highest BCUT2D eigenvalue weighted by atomic mass is 16.5. The minimum absolute atomic E-state index is 0.221. The number of phenols is 1. The maximum atomic E-state index is 9.82. The van der Waals surface area contributed by atoms with E-state index in [1.54, 1.807) is 24.8 Å². The van der Waals surface area contributed by atoms with Crippen molar-refractivity contribution in [3.63, 3.8) is 0 Å². The molecule has 0 bridgehead atoms. The van der Waals surface area contributed by atoms with Crippen molar-refractivity contribution in [1.82, 2.24) is 19.9 Å². The number of aromatic amines is 1. The number of nitrogens with zero attached hydrogens (tertiary/aromatic N) is 4. The van der Waals surface area contributed by atoms with Gasteiger partial charge in [-0.3, -0.25) is 0 Å². The van der Waals surface area contributed by atoms with Crippen molar-refractivity contribution in [3.05, 3.63) is 49.1 Å². The van der Waals surface area contributed by atoms with Crippen LogP contribution in [-0.2, 0) is 0 Å². The van der Waals surface area contributed by atoms with E-state index in [-0.39, 0.29) is 11.8 Å². The van der Waals surface area contributed by atoms with Crippen LogP contribution in [0.4, 0.5) is 5.82 Å². The Morgan fingerprint density at radius 1 is 1.19 bits per heavy atom. The van der Waals surface area contributed by atoms with Crippen molar-refractivity contribution in [1.29, 1.82) is 0 Å². The molecule has 4 aromatic rings. The van der Waals surface area contributed by atoms with Crippen molar-refractivity contribution in [2.45, 2.75) is 18.9 Å². The van der Waals surface area contributed by atoms with Gasteiger partial charge < -0.3 is 19.7 Å². The lowest BCUT2D eigenvalue weighted by atomic mass is 10.1. The molecule has 1 fully saturated rings. The number of fused-ring (bicyclic) bond motifs is 2. The van der Waals surface area contributed by atoms with E-state index in [4.69, 9.17) is 4.74 Å². The van der Waals surface area contributed by atoms with Gasteiger partial charge in [0.25, 0.3) is 0 Å². The van der Waals surface area contributed by atoms with Gasteiger partial charge in [0.2, 0.25) is 0 Å². The minimum atomic E-state index is 0.221. The number of hydrogen-bond donors (Lipinski definition) is 2. The van der Waals surface area contributed by atoms with E-state index in [0.29, 0.717) is 12.3 Å². The Bertz CT molecular complexity index is 1110. The molecule has 136 valence electrons. The molecule has 2 N–H and O–H groups in total. The molecule has 2 aromatic carbocycles. The molecule has 0 spiro atoms. The number of rotatable bonds is 4. The lowest BCUT2D eigenvalue weighted by Crippen LogP contribution is -2.35. The van der Waals surface area contributed by atoms with Crippen molar-refractivity contribution in [2.75, 3.05) is 18.1 Å². The molecule has 1 aliphatic heterocycles. The fourth-order valence-corrected chi connectivity index (χ4v) is 3.80. The molecular formula is C20H19N5O2. The third kappa shape index (κ3) is 2.81. The molecule has 0 radical (unpaired) electrons. The van der Waals surface area contributed by atoms with Gasteiger partial charge in [-0.1, -0.05) is 18.2 Å². The van der Waals surface area contributed by atoms with Gasteiger partial charge in [-0.25, -0.2) is 15.0 Å². The Morgan fingerprint density at radius 2 is 2.15 bits per heavy atom. The van der Waals surface area contributed by atoms with Crippen LogP contribution in [-0.4, -0.2) is 44.2 Å². The summed E-state index contributed by atoms with van der Waals surface area (Å²) in [5.74, 6) is 1.90. The zero-order valence-electron chi connectivity index (χ0n) is 14.7. The van der Waals surface area contributed by atoms with Gasteiger partial charge >= 0.3 is 0 Å². The van der Waals surface area contributed by atoms with Crippen LogP contribution in [0.1, 0.15) is 12.8 Å². The van der Waals surface area contributed by atoms with E-state index in [9.17, 15) is 5.11 Å². The van der Waals surface area contributed by atoms with Gasteiger partial charge in [0.15, 0.2) is 11.5 Å². The molecule has 7 heteroatoms. The molecule has 7 nitrogen and oxygen atoms in total. The normalized spacial score (nSPS) is 17.0. The van der Waals surface area contributed by atoms with Crippen LogP contribution in [0.15, 0.2) is 49.1 Å². The van der Waals surface area contributed by atoms with Crippen LogP contribution in [0.3, 0.4) is 0 Å². The maximum Gasteiger partial charge on any atom is 0.182 e. The molecule has 1 aliphatic rings. The second kappa shape index (κ2) is 6.42. The fraction of sp³-hybridized carbons (Fsp3) is 0.250. The second-order valence-electron chi connectivity index (χ2n) is 6.76. The van der Waals surface area contributed by atoms with E-state index in [1.165, 1.54) is 0 Å². The average molecular weight is 361 g/mol. The first-order valence-corrected chi connectivity index (χ1v) is 9.05. The van der Waals surface area contributed by atoms with Crippen LogP contribution in [0.2, 0.25) is 0 Å². The Labute approximate surface area is 155 Å². The third-order valence-electron chi connectivity index (χ3n) is 5.11. The van der Waals surface area contributed by atoms with Gasteiger partial charge in [-0.05, 0) is 36.4 Å². The molecule has 5 rings (SSSR count). The molecule has 0 aliphatic carbocycles. The van der Waals surface area contributed by atoms with Crippen LogP contribution >= 0.6 is 0 Å². The number of hydrogen-bond acceptors (Lipinski definition) is 6. The quantitative estimate of drug-likeness (QED) is 0.580. The lowest BCUT2D eigenvalue weighted by molar-refractivity contribution is 0.291. The predicted molar refractivity (Wildman–Crippen MR) is 103 cm³/mol. The number of imidazole rings is 1. The third-order valence-corrected chi connectivity index (χ3v) is 5.11. The van der Waals surface area contributed by atoms with Crippen molar-refractivity contribution < 1.29 is 9.84 Å². The van der Waals surface area contributed by atoms with E-state index >= 15 is 0 Å². The van der Waals surface area contributed by atoms with Gasteiger partial charge in [-0.2, -0.15) is 0 Å². The second-order valence-corrected chi connectivity index (χ2v) is 6.76. The summed E-state index contributed by atoms with van der Waals surface area (Å²) in [7, 11) is 0. The van der Waals surface area contributed by atoms with E-state index < -0.39 is 0 Å². The summed E-state index contributed by atoms with van der Waals surface area (Å²) in [5.41, 5.74) is 1.54. The molecular weight excluding hydrogens is 342 g/mol. The molecule has 1 unspecified atom stereocenters. The molecule has 0 amide bonds. The summed E-state index contributed by atoms with van der Waals surface area (Å²) in [5, 5.41) is 11.8. The number of aromatic hydroxyl groups is 1. The smallest absolute Gasteiger partial charge is 0.182 e. The zero-order chi connectivity index (χ0) is 18.2. The highest BCUT2D eigenvalue weighted by Gasteiger charge is 2.28. The topological polar surface area (TPSA) is 87.2 Å². The SMILES string of the molecule is Oc1ccc2cccc(OCC3CCCN3c3ncnc4nc[nH]c34)c2c1. The molecule has 27 heavy (non-hydrogen) atoms. The predicted octanol–water partition coefficient (Wildman–Crippen LogP) is 3.26. The Kier molecular flexibility index (Phi) is 3.78. The highest BCUT2D eigenvalue weighted by molar-refractivity contribution is 5.89. The number of phenolic OH excluding ortho intramolecular Hbond substituents is 1. The van der Waals surface area contributed by atoms with Crippen LogP contribution in [0.25, 0.3) is 21.9 Å². The number of ether oxygens (including phenoxy) is 1. The average Bonchev–Trinajstić information content (AvgIpc) is 3.35. The van der Waals surface area contributed by atoms with Crippen molar-refractivity contribution in [3.8, 4) is 11.5 Å². The molecule has 2 aromatic heterocycles. The van der Waals surface area contributed by atoms with E-state index in [0.717, 1.165) is 47.2 Å². The van der Waals surface area contributed by atoms with Crippen molar-refractivity contribution >= 4 is 27.8 Å². The van der Waals surface area contributed by atoms with Crippen LogP contribution in [0, 0.1) is 0 Å².